The standard InChI is InChI=1S/C23H23F2N5O5S/c1-9-7-30-18-13(6-23(19(30)10(2)35-9)21(32)26-11(3)27-22(23)33)5-14(16(24)17(18)25)20-29-28-15(36-20)8-34-12(4)31/h5,9-10,19H,3,6-8H2,1-2,4H3,(H,26,32)(H,27,33)/t9?,10?,19-/m0/s1. The Labute approximate surface area is 208 Å². The first-order chi connectivity index (χ1) is 17.0. The van der Waals surface area contributed by atoms with E-state index < -0.39 is 47.0 Å². The van der Waals surface area contributed by atoms with Gasteiger partial charge in [0, 0.05) is 19.9 Å². The number of fused-ring (bicyclic) bond motifs is 4. The van der Waals surface area contributed by atoms with Gasteiger partial charge in [0.05, 0.1) is 29.5 Å². The van der Waals surface area contributed by atoms with Gasteiger partial charge in [0.2, 0.25) is 11.8 Å². The van der Waals surface area contributed by atoms with E-state index in [1.807, 2.05) is 0 Å². The quantitative estimate of drug-likeness (QED) is 0.465. The van der Waals surface area contributed by atoms with Gasteiger partial charge in [0.25, 0.3) is 0 Å². The molecular formula is C23H23F2N5O5S. The zero-order chi connectivity index (χ0) is 25.9. The first-order valence-electron chi connectivity index (χ1n) is 11.2. The lowest BCUT2D eigenvalue weighted by atomic mass is 9.66. The fraction of sp³-hybridized carbons (Fsp3) is 0.435. The van der Waals surface area contributed by atoms with Crippen molar-refractivity contribution in [3.05, 3.63) is 40.7 Å². The van der Waals surface area contributed by atoms with Crippen molar-refractivity contribution in [1.82, 2.24) is 20.8 Å². The minimum absolute atomic E-state index is 0.0106. The number of ether oxygens (including phenoxy) is 2. The number of rotatable bonds is 3. The first kappa shape index (κ1) is 24.3. The fourth-order valence-electron chi connectivity index (χ4n) is 5.34. The summed E-state index contributed by atoms with van der Waals surface area (Å²) in [7, 11) is 0. The van der Waals surface area contributed by atoms with Crippen molar-refractivity contribution in [2.75, 3.05) is 11.4 Å². The predicted octanol–water partition coefficient (Wildman–Crippen LogP) is 1.79. The number of anilines is 1. The second-order valence-corrected chi connectivity index (χ2v) is 10.2. The molecule has 2 saturated heterocycles. The molecule has 1 aromatic heterocycles. The lowest BCUT2D eigenvalue weighted by Gasteiger charge is -2.55. The monoisotopic (exact) mass is 519 g/mol. The molecule has 0 radical (unpaired) electrons. The Balaban J connectivity index is 1.65. The van der Waals surface area contributed by atoms with Crippen molar-refractivity contribution in [2.45, 2.75) is 52.0 Å². The largest absolute Gasteiger partial charge is 0.458 e. The predicted molar refractivity (Wildman–Crippen MR) is 123 cm³/mol. The van der Waals surface area contributed by atoms with Crippen LogP contribution in [0, 0.1) is 17.0 Å². The highest BCUT2D eigenvalue weighted by molar-refractivity contribution is 7.14. The van der Waals surface area contributed by atoms with Crippen LogP contribution < -0.4 is 15.5 Å². The summed E-state index contributed by atoms with van der Waals surface area (Å²) in [6.07, 6.45) is -1.20. The first-order valence-corrected chi connectivity index (χ1v) is 12.1. The molecular weight excluding hydrogens is 496 g/mol. The molecule has 2 fully saturated rings. The number of nitrogens with zero attached hydrogens (tertiary/aromatic N) is 3. The van der Waals surface area contributed by atoms with Crippen LogP contribution in [0.25, 0.3) is 10.6 Å². The number of aromatic nitrogens is 2. The number of benzene rings is 1. The summed E-state index contributed by atoms with van der Waals surface area (Å²) in [5, 5.41) is 13.4. The van der Waals surface area contributed by atoms with E-state index in [1.165, 1.54) is 13.0 Å². The number of carbonyl (C=O) groups excluding carboxylic acids is 3. The molecule has 190 valence electrons. The van der Waals surface area contributed by atoms with E-state index in [4.69, 9.17) is 9.47 Å². The van der Waals surface area contributed by atoms with Gasteiger partial charge in [-0.3, -0.25) is 14.4 Å². The highest BCUT2D eigenvalue weighted by Gasteiger charge is 2.62. The molecule has 4 heterocycles. The molecule has 13 heteroatoms. The van der Waals surface area contributed by atoms with Crippen LogP contribution in [-0.2, 0) is 36.9 Å². The maximum Gasteiger partial charge on any atom is 0.303 e. The van der Waals surface area contributed by atoms with Gasteiger partial charge < -0.3 is 25.0 Å². The van der Waals surface area contributed by atoms with E-state index in [0.29, 0.717) is 5.01 Å². The van der Waals surface area contributed by atoms with Gasteiger partial charge >= 0.3 is 5.97 Å². The number of carbonyl (C=O) groups is 3. The Morgan fingerprint density at radius 1 is 1.28 bits per heavy atom. The highest BCUT2D eigenvalue weighted by atomic mass is 32.1. The number of hydrogen-bond acceptors (Lipinski definition) is 9. The second kappa shape index (κ2) is 8.59. The van der Waals surface area contributed by atoms with Crippen molar-refractivity contribution in [3.63, 3.8) is 0 Å². The summed E-state index contributed by atoms with van der Waals surface area (Å²) in [4.78, 5) is 39.4. The summed E-state index contributed by atoms with van der Waals surface area (Å²) >= 11 is 0.944. The van der Waals surface area contributed by atoms with Crippen molar-refractivity contribution in [1.29, 1.82) is 0 Å². The maximum absolute atomic E-state index is 15.7. The van der Waals surface area contributed by atoms with E-state index in [-0.39, 0.29) is 53.3 Å². The minimum Gasteiger partial charge on any atom is -0.458 e. The van der Waals surface area contributed by atoms with Crippen LogP contribution in [0.2, 0.25) is 0 Å². The van der Waals surface area contributed by atoms with Crippen molar-refractivity contribution in [3.8, 4) is 10.6 Å². The molecule has 2 unspecified atom stereocenters. The van der Waals surface area contributed by atoms with Gasteiger partial charge in [-0.1, -0.05) is 17.9 Å². The van der Waals surface area contributed by atoms with Gasteiger partial charge in [-0.2, -0.15) is 0 Å². The number of nitrogens with one attached hydrogen (secondary N) is 2. The molecule has 2 N–H and O–H groups in total. The summed E-state index contributed by atoms with van der Waals surface area (Å²) in [5.41, 5.74) is -1.57. The van der Waals surface area contributed by atoms with Crippen molar-refractivity contribution >= 4 is 34.8 Å². The Morgan fingerprint density at radius 3 is 2.64 bits per heavy atom. The molecule has 3 aliphatic heterocycles. The van der Waals surface area contributed by atoms with Crippen LogP contribution in [0.15, 0.2) is 18.5 Å². The lowest BCUT2D eigenvalue weighted by molar-refractivity contribution is -0.154. The average Bonchev–Trinajstić information content (AvgIpc) is 3.26. The van der Waals surface area contributed by atoms with Gasteiger partial charge in [0.15, 0.2) is 27.1 Å². The molecule has 0 aliphatic carbocycles. The van der Waals surface area contributed by atoms with Crippen molar-refractivity contribution in [2.24, 2.45) is 5.41 Å². The molecule has 0 saturated carbocycles. The smallest absolute Gasteiger partial charge is 0.303 e. The molecule has 10 nitrogen and oxygen atoms in total. The van der Waals surface area contributed by atoms with Crippen LogP contribution >= 0.6 is 11.3 Å². The van der Waals surface area contributed by atoms with E-state index >= 15 is 8.78 Å². The zero-order valence-electron chi connectivity index (χ0n) is 19.7. The molecule has 5 rings (SSSR count). The van der Waals surface area contributed by atoms with Crippen LogP contribution in [0.5, 0.6) is 0 Å². The fourth-order valence-corrected chi connectivity index (χ4v) is 6.11. The Bertz CT molecular complexity index is 1290. The normalized spacial score (nSPS) is 24.6. The summed E-state index contributed by atoms with van der Waals surface area (Å²) in [5.74, 6) is -3.89. The number of esters is 1. The third-order valence-electron chi connectivity index (χ3n) is 6.64. The molecule has 0 bridgehead atoms. The van der Waals surface area contributed by atoms with Gasteiger partial charge in [-0.05, 0) is 25.5 Å². The third-order valence-corrected chi connectivity index (χ3v) is 7.57. The zero-order valence-corrected chi connectivity index (χ0v) is 20.5. The van der Waals surface area contributed by atoms with Gasteiger partial charge in [-0.15, -0.1) is 10.2 Å². The minimum atomic E-state index is -1.67. The van der Waals surface area contributed by atoms with Crippen LogP contribution in [0.3, 0.4) is 0 Å². The van der Waals surface area contributed by atoms with Gasteiger partial charge in [-0.25, -0.2) is 8.78 Å². The SMILES string of the molecule is C=C1NC(=O)C2(Cc3cc(-c4nnc(COC(C)=O)s4)c(F)c(F)c3N3CC(C)OC(C)[C@H]32)C(=O)N1. The Hall–Kier alpha value is -3.45. The molecule has 1 aromatic carbocycles. The van der Waals surface area contributed by atoms with E-state index in [1.54, 1.807) is 18.7 Å². The molecule has 1 spiro atoms. The molecule has 2 amide bonds. The molecule has 3 aliphatic rings. The molecule has 2 aromatic rings. The van der Waals surface area contributed by atoms with Crippen LogP contribution in [0.4, 0.5) is 14.5 Å². The number of halogens is 2. The topological polar surface area (TPSA) is 123 Å². The maximum atomic E-state index is 15.7. The van der Waals surface area contributed by atoms with E-state index in [2.05, 4.69) is 27.4 Å². The third kappa shape index (κ3) is 3.64. The Kier molecular flexibility index (Phi) is 5.79. The van der Waals surface area contributed by atoms with E-state index in [9.17, 15) is 14.4 Å². The summed E-state index contributed by atoms with van der Waals surface area (Å²) < 4.78 is 42.0. The van der Waals surface area contributed by atoms with E-state index in [0.717, 1.165) is 11.3 Å². The number of hydrogen-bond donors (Lipinski definition) is 2. The highest BCUT2D eigenvalue weighted by Crippen LogP contribution is 2.49. The van der Waals surface area contributed by atoms with Crippen molar-refractivity contribution < 1.29 is 32.6 Å². The summed E-state index contributed by atoms with van der Waals surface area (Å²) in [6, 6.07) is 0.516. The van der Waals surface area contributed by atoms with Gasteiger partial charge in [0.1, 0.15) is 12.4 Å². The molecule has 36 heavy (non-hydrogen) atoms. The summed E-state index contributed by atoms with van der Waals surface area (Å²) in [6.45, 7) is 8.34. The average molecular weight is 520 g/mol. The van der Waals surface area contributed by atoms with Crippen LogP contribution in [0.1, 0.15) is 31.3 Å². The molecule has 3 atom stereocenters. The number of morpholine rings is 1. The lowest BCUT2D eigenvalue weighted by Crippen LogP contribution is -2.74. The van der Waals surface area contributed by atoms with Crippen LogP contribution in [-0.4, -0.2) is 52.8 Å². The Morgan fingerprint density at radius 2 is 1.97 bits per heavy atom. The second-order valence-electron chi connectivity index (χ2n) is 9.12. The number of amides is 2.